The molecule has 0 radical (unpaired) electrons. The number of nitrogens with one attached hydrogen (secondary N) is 1. The van der Waals surface area contributed by atoms with Crippen LogP contribution in [0.2, 0.25) is 0 Å². The average molecular weight is 343 g/mol. The highest BCUT2D eigenvalue weighted by atomic mass is 16.2. The van der Waals surface area contributed by atoms with E-state index in [1.807, 2.05) is 31.2 Å². The average Bonchev–Trinajstić information content (AvgIpc) is 2.98. The Morgan fingerprint density at radius 1 is 1.16 bits per heavy atom. The maximum atomic E-state index is 12.6. The molecule has 0 aliphatic carbocycles. The normalized spacial score (nSPS) is 22.6. The minimum Gasteiger partial charge on any atom is -0.353 e. The van der Waals surface area contributed by atoms with Gasteiger partial charge < -0.3 is 15.1 Å². The van der Waals surface area contributed by atoms with E-state index in [2.05, 4.69) is 24.1 Å². The summed E-state index contributed by atoms with van der Waals surface area (Å²) in [7, 11) is 0. The van der Waals surface area contributed by atoms with Crippen LogP contribution in [0.3, 0.4) is 0 Å². The number of nitrogens with zero attached hydrogens (tertiary/aromatic N) is 2. The number of likely N-dealkylation sites (tertiary alicyclic amines) is 1. The van der Waals surface area contributed by atoms with Gasteiger partial charge in [0.15, 0.2) is 0 Å². The Labute approximate surface area is 150 Å². The standard InChI is InChI=1S/C20H29N3O2/c1-14(2)22-10-8-17(9-11-22)21-20(25)16-12-19(24)23(13-16)18-6-4-15(3)5-7-18/h4-7,14,16-17H,8-13H2,1-3H3,(H,21,25)/t16-/m0/s1. The van der Waals surface area contributed by atoms with Gasteiger partial charge in [-0.25, -0.2) is 0 Å². The molecule has 1 aromatic carbocycles. The fourth-order valence-electron chi connectivity index (χ4n) is 3.74. The number of benzene rings is 1. The molecule has 0 bridgehead atoms. The van der Waals surface area contributed by atoms with Gasteiger partial charge in [0.05, 0.1) is 5.92 Å². The van der Waals surface area contributed by atoms with Gasteiger partial charge in [-0.05, 0) is 45.7 Å². The number of rotatable bonds is 4. The fraction of sp³-hybridized carbons (Fsp3) is 0.600. The Morgan fingerprint density at radius 3 is 2.40 bits per heavy atom. The summed E-state index contributed by atoms with van der Waals surface area (Å²) in [6, 6.07) is 8.71. The number of hydrogen-bond donors (Lipinski definition) is 1. The molecule has 0 spiro atoms. The topological polar surface area (TPSA) is 52.7 Å². The first-order valence-electron chi connectivity index (χ1n) is 9.35. The van der Waals surface area contributed by atoms with E-state index in [0.29, 0.717) is 19.0 Å². The third-order valence-corrected chi connectivity index (χ3v) is 5.45. The van der Waals surface area contributed by atoms with Crippen molar-refractivity contribution in [3.63, 3.8) is 0 Å². The van der Waals surface area contributed by atoms with Gasteiger partial charge in [-0.3, -0.25) is 9.59 Å². The van der Waals surface area contributed by atoms with Crippen LogP contribution in [0.25, 0.3) is 0 Å². The zero-order valence-electron chi connectivity index (χ0n) is 15.5. The van der Waals surface area contributed by atoms with Crippen LogP contribution < -0.4 is 10.2 Å². The highest BCUT2D eigenvalue weighted by Gasteiger charge is 2.36. The number of piperidine rings is 1. The first-order valence-corrected chi connectivity index (χ1v) is 9.35. The van der Waals surface area contributed by atoms with Crippen LogP contribution in [-0.2, 0) is 9.59 Å². The van der Waals surface area contributed by atoms with Crippen molar-refractivity contribution < 1.29 is 9.59 Å². The fourth-order valence-corrected chi connectivity index (χ4v) is 3.74. The van der Waals surface area contributed by atoms with Crippen molar-refractivity contribution >= 4 is 17.5 Å². The van der Waals surface area contributed by atoms with Crippen molar-refractivity contribution in [3.05, 3.63) is 29.8 Å². The molecule has 2 heterocycles. The van der Waals surface area contributed by atoms with Crippen molar-refractivity contribution in [2.75, 3.05) is 24.5 Å². The van der Waals surface area contributed by atoms with E-state index in [1.54, 1.807) is 4.90 Å². The second kappa shape index (κ2) is 7.56. The van der Waals surface area contributed by atoms with Crippen LogP contribution in [0.4, 0.5) is 5.69 Å². The zero-order valence-corrected chi connectivity index (χ0v) is 15.5. The smallest absolute Gasteiger partial charge is 0.227 e. The van der Waals surface area contributed by atoms with E-state index in [4.69, 9.17) is 0 Å². The molecule has 2 fully saturated rings. The lowest BCUT2D eigenvalue weighted by atomic mass is 10.0. The van der Waals surface area contributed by atoms with Gasteiger partial charge in [-0.15, -0.1) is 0 Å². The number of hydrogen-bond acceptors (Lipinski definition) is 3. The number of carbonyl (C=O) groups excluding carboxylic acids is 2. The molecule has 1 aromatic rings. The lowest BCUT2D eigenvalue weighted by Gasteiger charge is -2.35. The van der Waals surface area contributed by atoms with Crippen LogP contribution in [-0.4, -0.2) is 48.4 Å². The molecule has 2 aliphatic rings. The summed E-state index contributed by atoms with van der Waals surface area (Å²) in [6.07, 6.45) is 2.29. The van der Waals surface area contributed by atoms with Crippen molar-refractivity contribution in [2.24, 2.45) is 5.92 Å². The lowest BCUT2D eigenvalue weighted by Crippen LogP contribution is -2.48. The molecule has 2 aliphatic heterocycles. The minimum absolute atomic E-state index is 0.0333. The van der Waals surface area contributed by atoms with Crippen LogP contribution in [0.15, 0.2) is 24.3 Å². The van der Waals surface area contributed by atoms with E-state index in [1.165, 1.54) is 0 Å². The van der Waals surface area contributed by atoms with Crippen molar-refractivity contribution in [2.45, 2.75) is 52.1 Å². The summed E-state index contributed by atoms with van der Waals surface area (Å²) in [5, 5.41) is 3.18. The summed E-state index contributed by atoms with van der Waals surface area (Å²) in [5.74, 6) is -0.165. The molecule has 5 heteroatoms. The van der Waals surface area contributed by atoms with Crippen LogP contribution >= 0.6 is 0 Å². The largest absolute Gasteiger partial charge is 0.353 e. The highest BCUT2D eigenvalue weighted by molar-refractivity contribution is 6.00. The van der Waals surface area contributed by atoms with Gasteiger partial charge in [-0.1, -0.05) is 17.7 Å². The maximum absolute atomic E-state index is 12.6. The Bertz CT molecular complexity index is 618. The molecule has 0 unspecified atom stereocenters. The second-order valence-corrected chi connectivity index (χ2v) is 7.65. The Hall–Kier alpha value is -1.88. The first kappa shape index (κ1) is 17.9. The number of anilines is 1. The number of amides is 2. The minimum atomic E-state index is -0.239. The molecule has 1 N–H and O–H groups in total. The van der Waals surface area contributed by atoms with E-state index in [9.17, 15) is 9.59 Å². The monoisotopic (exact) mass is 343 g/mol. The summed E-state index contributed by atoms with van der Waals surface area (Å²) in [6.45, 7) is 8.99. The van der Waals surface area contributed by atoms with E-state index >= 15 is 0 Å². The van der Waals surface area contributed by atoms with E-state index < -0.39 is 0 Å². The van der Waals surface area contributed by atoms with Crippen molar-refractivity contribution in [3.8, 4) is 0 Å². The summed E-state index contributed by atoms with van der Waals surface area (Å²) >= 11 is 0. The predicted octanol–water partition coefficient (Wildman–Crippen LogP) is 2.34. The van der Waals surface area contributed by atoms with Crippen LogP contribution in [0.1, 0.15) is 38.7 Å². The van der Waals surface area contributed by atoms with Crippen LogP contribution in [0.5, 0.6) is 0 Å². The molecule has 136 valence electrons. The summed E-state index contributed by atoms with van der Waals surface area (Å²) in [5.41, 5.74) is 2.05. The molecule has 0 saturated carbocycles. The van der Waals surface area contributed by atoms with Crippen molar-refractivity contribution in [1.29, 1.82) is 0 Å². The molecular weight excluding hydrogens is 314 g/mol. The highest BCUT2D eigenvalue weighted by Crippen LogP contribution is 2.26. The van der Waals surface area contributed by atoms with E-state index in [0.717, 1.165) is 37.2 Å². The summed E-state index contributed by atoms with van der Waals surface area (Å²) < 4.78 is 0. The molecule has 3 rings (SSSR count). The Kier molecular flexibility index (Phi) is 5.42. The quantitative estimate of drug-likeness (QED) is 0.913. The molecule has 1 atom stereocenters. The molecule has 0 aromatic heterocycles. The molecule has 25 heavy (non-hydrogen) atoms. The lowest BCUT2D eigenvalue weighted by molar-refractivity contribution is -0.127. The molecule has 2 saturated heterocycles. The summed E-state index contributed by atoms with van der Waals surface area (Å²) in [4.78, 5) is 29.1. The number of carbonyl (C=O) groups is 2. The van der Waals surface area contributed by atoms with Gasteiger partial charge in [0.1, 0.15) is 0 Å². The van der Waals surface area contributed by atoms with Crippen LogP contribution in [0, 0.1) is 12.8 Å². The first-order chi connectivity index (χ1) is 11.9. The van der Waals surface area contributed by atoms with Gasteiger partial charge >= 0.3 is 0 Å². The predicted molar refractivity (Wildman–Crippen MR) is 99.5 cm³/mol. The second-order valence-electron chi connectivity index (χ2n) is 7.65. The molecule has 5 nitrogen and oxygen atoms in total. The zero-order chi connectivity index (χ0) is 18.0. The van der Waals surface area contributed by atoms with Gasteiger partial charge in [0.2, 0.25) is 11.8 Å². The Morgan fingerprint density at radius 2 is 1.80 bits per heavy atom. The van der Waals surface area contributed by atoms with E-state index in [-0.39, 0.29) is 23.8 Å². The number of aryl methyl sites for hydroxylation is 1. The van der Waals surface area contributed by atoms with Gasteiger partial charge in [-0.2, -0.15) is 0 Å². The van der Waals surface area contributed by atoms with Crippen molar-refractivity contribution in [1.82, 2.24) is 10.2 Å². The molecular formula is C20H29N3O2. The van der Waals surface area contributed by atoms with Gasteiger partial charge in [0.25, 0.3) is 0 Å². The third kappa shape index (κ3) is 4.21. The van der Waals surface area contributed by atoms with Gasteiger partial charge in [0, 0.05) is 43.8 Å². The molecule has 2 amide bonds. The maximum Gasteiger partial charge on any atom is 0.227 e. The SMILES string of the molecule is Cc1ccc(N2C[C@@H](C(=O)NC3CCN(C(C)C)CC3)CC2=O)cc1. The Balaban J connectivity index is 1.54. The third-order valence-electron chi connectivity index (χ3n) is 5.45.